The fourth-order valence-corrected chi connectivity index (χ4v) is 2.90. The number of rotatable bonds is 5. The van der Waals surface area contributed by atoms with Gasteiger partial charge in [0, 0.05) is 12.6 Å². The highest BCUT2D eigenvalue weighted by molar-refractivity contribution is 6.32. The predicted octanol–water partition coefficient (Wildman–Crippen LogP) is 2.13. The Balaban J connectivity index is 1.57. The number of likely N-dealkylation sites (tertiary alicyclic amines) is 1. The monoisotopic (exact) mass is 340 g/mol. The van der Waals surface area contributed by atoms with E-state index in [0.29, 0.717) is 13.0 Å². The van der Waals surface area contributed by atoms with Crippen LogP contribution in [-0.2, 0) is 9.59 Å². The van der Waals surface area contributed by atoms with Crippen molar-refractivity contribution >= 4 is 23.4 Å². The molecule has 0 aromatic heterocycles. The molecule has 1 aromatic rings. The van der Waals surface area contributed by atoms with Gasteiger partial charge in [-0.05, 0) is 43.9 Å². The maximum atomic E-state index is 13.0. The van der Waals surface area contributed by atoms with Gasteiger partial charge in [0.25, 0.3) is 5.91 Å². The standard InChI is InChI=1S/C16H18ClFN2O3/c17-12-8-10(18)3-6-14(12)23-9-15(21)20-7-1-2-13(20)16(22)19-11-4-5-11/h3,6,8,11,13H,1-2,4-5,7,9H2,(H,19,22)/t13-/m1/s1. The number of hydrogen-bond donors (Lipinski definition) is 1. The highest BCUT2D eigenvalue weighted by atomic mass is 35.5. The summed E-state index contributed by atoms with van der Waals surface area (Å²) in [6.07, 6.45) is 3.49. The van der Waals surface area contributed by atoms with Crippen molar-refractivity contribution in [3.63, 3.8) is 0 Å². The van der Waals surface area contributed by atoms with Crippen LogP contribution in [0.4, 0.5) is 4.39 Å². The van der Waals surface area contributed by atoms with Gasteiger partial charge in [0.2, 0.25) is 5.91 Å². The fraction of sp³-hybridized carbons (Fsp3) is 0.500. The van der Waals surface area contributed by atoms with Gasteiger partial charge in [0.05, 0.1) is 5.02 Å². The van der Waals surface area contributed by atoms with E-state index in [1.807, 2.05) is 0 Å². The summed E-state index contributed by atoms with van der Waals surface area (Å²) in [5.74, 6) is -0.568. The first-order chi connectivity index (χ1) is 11.0. The van der Waals surface area contributed by atoms with Crippen molar-refractivity contribution in [2.45, 2.75) is 37.8 Å². The van der Waals surface area contributed by atoms with E-state index in [-0.39, 0.29) is 35.2 Å². The Morgan fingerprint density at radius 3 is 2.83 bits per heavy atom. The van der Waals surface area contributed by atoms with E-state index in [9.17, 15) is 14.0 Å². The van der Waals surface area contributed by atoms with Crippen molar-refractivity contribution < 1.29 is 18.7 Å². The largest absolute Gasteiger partial charge is 0.482 e. The quantitative estimate of drug-likeness (QED) is 0.893. The molecule has 1 N–H and O–H groups in total. The van der Waals surface area contributed by atoms with Crippen LogP contribution in [0.25, 0.3) is 0 Å². The topological polar surface area (TPSA) is 58.6 Å². The third-order valence-corrected chi connectivity index (χ3v) is 4.34. The van der Waals surface area contributed by atoms with E-state index >= 15 is 0 Å². The average Bonchev–Trinajstić information content (AvgIpc) is 3.17. The maximum Gasteiger partial charge on any atom is 0.261 e. The number of halogens is 2. The van der Waals surface area contributed by atoms with Gasteiger partial charge in [0.15, 0.2) is 6.61 Å². The first-order valence-electron chi connectivity index (χ1n) is 7.72. The molecular formula is C16H18ClFN2O3. The molecule has 23 heavy (non-hydrogen) atoms. The Bertz CT molecular complexity index is 621. The summed E-state index contributed by atoms with van der Waals surface area (Å²) >= 11 is 5.86. The summed E-state index contributed by atoms with van der Waals surface area (Å²) in [4.78, 5) is 26.0. The molecule has 7 heteroatoms. The fourth-order valence-electron chi connectivity index (χ4n) is 2.68. The lowest BCUT2D eigenvalue weighted by molar-refractivity contribution is -0.140. The smallest absolute Gasteiger partial charge is 0.261 e. The third kappa shape index (κ3) is 3.93. The summed E-state index contributed by atoms with van der Waals surface area (Å²) in [6, 6.07) is 3.58. The van der Waals surface area contributed by atoms with Crippen LogP contribution in [-0.4, -0.2) is 41.9 Å². The van der Waals surface area contributed by atoms with Gasteiger partial charge in [-0.1, -0.05) is 11.6 Å². The second kappa shape index (κ2) is 6.74. The molecule has 1 aliphatic carbocycles. The van der Waals surface area contributed by atoms with Crippen LogP contribution in [0, 0.1) is 5.82 Å². The lowest BCUT2D eigenvalue weighted by atomic mass is 10.2. The van der Waals surface area contributed by atoms with E-state index in [4.69, 9.17) is 16.3 Å². The molecule has 2 fully saturated rings. The first-order valence-corrected chi connectivity index (χ1v) is 8.10. The Hall–Kier alpha value is -1.82. The molecule has 1 heterocycles. The number of carbonyl (C=O) groups excluding carboxylic acids is 2. The number of nitrogens with one attached hydrogen (secondary N) is 1. The SMILES string of the molecule is O=C(NC1CC1)[C@H]1CCCN1C(=O)COc1ccc(F)cc1Cl. The summed E-state index contributed by atoms with van der Waals surface area (Å²) in [7, 11) is 0. The van der Waals surface area contributed by atoms with Crippen molar-refractivity contribution in [3.8, 4) is 5.75 Å². The lowest BCUT2D eigenvalue weighted by Gasteiger charge is -2.24. The van der Waals surface area contributed by atoms with Gasteiger partial charge in [-0.15, -0.1) is 0 Å². The molecule has 1 aliphatic heterocycles. The molecule has 0 unspecified atom stereocenters. The van der Waals surface area contributed by atoms with Crippen LogP contribution in [0.5, 0.6) is 5.75 Å². The van der Waals surface area contributed by atoms with Gasteiger partial charge in [-0.3, -0.25) is 9.59 Å². The molecule has 1 saturated carbocycles. The second-order valence-electron chi connectivity index (χ2n) is 5.89. The summed E-state index contributed by atoms with van der Waals surface area (Å²) in [5, 5.41) is 3.05. The van der Waals surface area contributed by atoms with Gasteiger partial charge in [0.1, 0.15) is 17.6 Å². The molecule has 3 rings (SSSR count). The molecule has 1 aromatic carbocycles. The Labute approximate surface area is 138 Å². The minimum absolute atomic E-state index is 0.0850. The highest BCUT2D eigenvalue weighted by Gasteiger charge is 2.36. The minimum atomic E-state index is -0.468. The molecule has 1 saturated heterocycles. The second-order valence-corrected chi connectivity index (χ2v) is 6.30. The van der Waals surface area contributed by atoms with Crippen LogP contribution in [0.15, 0.2) is 18.2 Å². The van der Waals surface area contributed by atoms with Gasteiger partial charge in [-0.25, -0.2) is 4.39 Å². The number of benzene rings is 1. The number of amides is 2. The highest BCUT2D eigenvalue weighted by Crippen LogP contribution is 2.26. The minimum Gasteiger partial charge on any atom is -0.482 e. The normalized spacial score (nSPS) is 20.4. The molecule has 0 spiro atoms. The zero-order valence-corrected chi connectivity index (χ0v) is 13.3. The Kier molecular flexibility index (Phi) is 4.71. The molecular weight excluding hydrogens is 323 g/mol. The molecule has 2 amide bonds. The van der Waals surface area contributed by atoms with Crippen molar-refractivity contribution in [2.75, 3.05) is 13.2 Å². The molecule has 0 radical (unpaired) electrons. The number of carbonyl (C=O) groups is 2. The van der Waals surface area contributed by atoms with Crippen LogP contribution in [0.2, 0.25) is 5.02 Å². The third-order valence-electron chi connectivity index (χ3n) is 4.04. The van der Waals surface area contributed by atoms with Crippen molar-refractivity contribution in [1.82, 2.24) is 10.2 Å². The van der Waals surface area contributed by atoms with Crippen molar-refractivity contribution in [3.05, 3.63) is 29.0 Å². The lowest BCUT2D eigenvalue weighted by Crippen LogP contribution is -2.47. The molecule has 0 bridgehead atoms. The van der Waals surface area contributed by atoms with E-state index < -0.39 is 11.9 Å². The maximum absolute atomic E-state index is 13.0. The van der Waals surface area contributed by atoms with E-state index in [1.165, 1.54) is 12.1 Å². The predicted molar refractivity (Wildman–Crippen MR) is 82.8 cm³/mol. The van der Waals surface area contributed by atoms with Crippen LogP contribution < -0.4 is 10.1 Å². The number of ether oxygens (including phenoxy) is 1. The first kappa shape index (κ1) is 16.1. The van der Waals surface area contributed by atoms with Crippen LogP contribution in [0.3, 0.4) is 0 Å². The molecule has 5 nitrogen and oxygen atoms in total. The molecule has 124 valence electrons. The summed E-state index contributed by atoms with van der Waals surface area (Å²) < 4.78 is 18.3. The summed E-state index contributed by atoms with van der Waals surface area (Å²) in [6.45, 7) is 0.320. The van der Waals surface area contributed by atoms with Crippen LogP contribution >= 0.6 is 11.6 Å². The Morgan fingerprint density at radius 1 is 1.35 bits per heavy atom. The van der Waals surface area contributed by atoms with Gasteiger partial charge >= 0.3 is 0 Å². The Morgan fingerprint density at radius 2 is 2.13 bits per heavy atom. The van der Waals surface area contributed by atoms with Gasteiger partial charge in [-0.2, -0.15) is 0 Å². The van der Waals surface area contributed by atoms with E-state index in [0.717, 1.165) is 25.3 Å². The number of nitrogens with zero attached hydrogens (tertiary/aromatic N) is 1. The summed E-state index contributed by atoms with van der Waals surface area (Å²) in [5.41, 5.74) is 0. The van der Waals surface area contributed by atoms with Gasteiger partial charge < -0.3 is 15.0 Å². The molecule has 2 aliphatic rings. The zero-order valence-electron chi connectivity index (χ0n) is 12.6. The van der Waals surface area contributed by atoms with E-state index in [2.05, 4.69) is 5.32 Å². The zero-order chi connectivity index (χ0) is 16.4. The number of hydrogen-bond acceptors (Lipinski definition) is 3. The van der Waals surface area contributed by atoms with E-state index in [1.54, 1.807) is 4.90 Å². The molecule has 1 atom stereocenters. The van der Waals surface area contributed by atoms with Crippen molar-refractivity contribution in [1.29, 1.82) is 0 Å². The van der Waals surface area contributed by atoms with Crippen LogP contribution in [0.1, 0.15) is 25.7 Å². The van der Waals surface area contributed by atoms with Crippen molar-refractivity contribution in [2.24, 2.45) is 0 Å². The average molecular weight is 341 g/mol.